The molecule has 0 amide bonds. The van der Waals surface area contributed by atoms with Crippen LogP contribution < -0.4 is 9.80 Å². The number of hydrogen-bond acceptors (Lipinski definition) is 3. The highest BCUT2D eigenvalue weighted by Gasteiger charge is 2.48. The van der Waals surface area contributed by atoms with E-state index < -0.39 is 0 Å². The van der Waals surface area contributed by atoms with Crippen molar-refractivity contribution in [3.05, 3.63) is 236 Å². The number of hydrogen-bond donors (Lipinski definition) is 0. The average Bonchev–Trinajstić information content (AvgIpc) is 3.91. The molecule has 3 heteroatoms. The molecular weight excluding hydrogens is 825 g/mol. The van der Waals surface area contributed by atoms with Crippen molar-refractivity contribution in [1.82, 2.24) is 0 Å². The Morgan fingerprint density at radius 2 is 1.19 bits per heavy atom. The highest BCUT2D eigenvalue weighted by Crippen LogP contribution is 2.58. The Morgan fingerprint density at radius 3 is 2.03 bits per heavy atom. The number of rotatable bonds is 8. The van der Waals surface area contributed by atoms with Gasteiger partial charge in [-0.3, -0.25) is 0 Å². The molecular formula is C65H52N2O. The van der Waals surface area contributed by atoms with Gasteiger partial charge in [0.25, 0.3) is 0 Å². The van der Waals surface area contributed by atoms with Gasteiger partial charge in [-0.1, -0.05) is 183 Å². The van der Waals surface area contributed by atoms with Gasteiger partial charge >= 0.3 is 0 Å². The minimum absolute atomic E-state index is 0.138. The molecule has 0 radical (unpaired) electrons. The van der Waals surface area contributed by atoms with Gasteiger partial charge in [-0.2, -0.15) is 0 Å². The van der Waals surface area contributed by atoms with Crippen molar-refractivity contribution >= 4 is 61.1 Å². The third-order valence-corrected chi connectivity index (χ3v) is 15.3. The summed E-state index contributed by atoms with van der Waals surface area (Å²) in [7, 11) is 0. The molecule has 3 nitrogen and oxygen atoms in total. The van der Waals surface area contributed by atoms with Gasteiger partial charge in [0.2, 0.25) is 0 Å². The van der Waals surface area contributed by atoms with E-state index >= 15 is 0 Å². The first kappa shape index (κ1) is 40.4. The molecule has 2 unspecified atom stereocenters. The molecule has 9 aromatic carbocycles. The highest BCUT2D eigenvalue weighted by molar-refractivity contribution is 6.07. The Labute approximate surface area is 398 Å². The Kier molecular flexibility index (Phi) is 9.78. The second-order valence-corrected chi connectivity index (χ2v) is 19.2. The summed E-state index contributed by atoms with van der Waals surface area (Å²) in [5.41, 5.74) is 17.4. The summed E-state index contributed by atoms with van der Waals surface area (Å²) in [6.45, 7) is 2.39. The lowest BCUT2D eigenvalue weighted by atomic mass is 9.78. The fourth-order valence-corrected chi connectivity index (χ4v) is 12.2. The van der Waals surface area contributed by atoms with Crippen LogP contribution in [0.15, 0.2) is 229 Å². The largest absolute Gasteiger partial charge is 0.456 e. The van der Waals surface area contributed by atoms with Crippen molar-refractivity contribution < 1.29 is 4.42 Å². The van der Waals surface area contributed by atoms with Gasteiger partial charge in [0.15, 0.2) is 0 Å². The monoisotopic (exact) mass is 876 g/mol. The molecule has 3 aliphatic rings. The summed E-state index contributed by atoms with van der Waals surface area (Å²) < 4.78 is 6.29. The van der Waals surface area contributed by atoms with E-state index in [-0.39, 0.29) is 11.5 Å². The van der Waals surface area contributed by atoms with Crippen LogP contribution in [0.25, 0.3) is 66.1 Å². The number of benzene rings is 9. The quantitative estimate of drug-likeness (QED) is 0.152. The van der Waals surface area contributed by atoms with E-state index in [2.05, 4.69) is 235 Å². The number of furan rings is 1. The number of anilines is 5. The second-order valence-electron chi connectivity index (χ2n) is 19.2. The first-order valence-electron chi connectivity index (χ1n) is 24.5. The molecule has 1 aromatic heterocycles. The number of fused-ring (bicyclic) bond motifs is 7. The van der Waals surface area contributed by atoms with Gasteiger partial charge in [-0.15, -0.1) is 0 Å². The molecule has 0 N–H and O–H groups in total. The van der Waals surface area contributed by atoms with E-state index in [0.717, 1.165) is 50.1 Å². The van der Waals surface area contributed by atoms with Crippen LogP contribution >= 0.6 is 0 Å². The number of para-hydroxylation sites is 4. The van der Waals surface area contributed by atoms with Gasteiger partial charge < -0.3 is 14.2 Å². The predicted molar refractivity (Wildman–Crippen MR) is 286 cm³/mol. The third-order valence-electron chi connectivity index (χ3n) is 15.3. The van der Waals surface area contributed by atoms with E-state index in [4.69, 9.17) is 4.42 Å². The second kappa shape index (κ2) is 16.5. The van der Waals surface area contributed by atoms with E-state index in [1.54, 1.807) is 0 Å². The maximum Gasteiger partial charge on any atom is 0.135 e. The molecule has 2 atom stereocenters. The fraction of sp³-hybridized carbons (Fsp3) is 0.138. The van der Waals surface area contributed by atoms with Crippen LogP contribution in [0.2, 0.25) is 0 Å². The Bertz CT molecular complexity index is 3600. The van der Waals surface area contributed by atoms with Crippen LogP contribution in [0.1, 0.15) is 62.0 Å². The average molecular weight is 877 g/mol. The first-order chi connectivity index (χ1) is 33.6. The van der Waals surface area contributed by atoms with E-state index in [1.807, 2.05) is 6.07 Å². The summed E-state index contributed by atoms with van der Waals surface area (Å²) in [6, 6.07) is 74.1. The zero-order chi connectivity index (χ0) is 45.2. The lowest BCUT2D eigenvalue weighted by Crippen LogP contribution is -2.41. The fourth-order valence-electron chi connectivity index (χ4n) is 12.2. The zero-order valence-corrected chi connectivity index (χ0v) is 38.4. The highest BCUT2D eigenvalue weighted by atomic mass is 16.3. The number of allylic oxidation sites excluding steroid dienone is 2. The van der Waals surface area contributed by atoms with Crippen LogP contribution in [-0.2, 0) is 0 Å². The topological polar surface area (TPSA) is 19.6 Å². The van der Waals surface area contributed by atoms with Crippen molar-refractivity contribution in [3.63, 3.8) is 0 Å². The number of nitrogens with zero attached hydrogens (tertiary/aromatic N) is 2. The maximum atomic E-state index is 6.29. The molecule has 2 aliphatic carbocycles. The first-order valence-corrected chi connectivity index (χ1v) is 24.5. The van der Waals surface area contributed by atoms with Gasteiger partial charge in [0.1, 0.15) is 11.2 Å². The van der Waals surface area contributed by atoms with Crippen LogP contribution in [0, 0.1) is 0 Å². The minimum Gasteiger partial charge on any atom is -0.456 e. The minimum atomic E-state index is -0.282. The summed E-state index contributed by atoms with van der Waals surface area (Å²) >= 11 is 0. The van der Waals surface area contributed by atoms with Crippen molar-refractivity contribution in [3.8, 4) is 33.4 Å². The lowest BCUT2D eigenvalue weighted by Gasteiger charge is -2.39. The van der Waals surface area contributed by atoms with E-state index in [1.165, 1.54) is 87.6 Å². The molecule has 10 aromatic rings. The molecule has 1 aliphatic heterocycles. The van der Waals surface area contributed by atoms with Gasteiger partial charge in [-0.05, 0) is 131 Å². The summed E-state index contributed by atoms with van der Waals surface area (Å²) in [4.78, 5) is 5.10. The van der Waals surface area contributed by atoms with Gasteiger partial charge in [0.05, 0.1) is 16.9 Å². The van der Waals surface area contributed by atoms with Crippen LogP contribution in [0.4, 0.5) is 28.4 Å². The Balaban J connectivity index is 1.04. The zero-order valence-electron chi connectivity index (χ0n) is 38.4. The Morgan fingerprint density at radius 1 is 0.529 bits per heavy atom. The lowest BCUT2D eigenvalue weighted by molar-refractivity contribution is 0.445. The summed E-state index contributed by atoms with van der Waals surface area (Å²) in [5, 5.41) is 4.95. The molecule has 328 valence electrons. The standard InChI is InChI=1S/C65H52N2O/c1-65-41-15-14-34-57(65)64-55(33-19-37-60(64)67(65)48-25-6-3-7-26-48)52-29-9-12-36-59(52)66(49-27-16-24-46(42-49)47-39-40-62-56(43-47)53-30-10-13-38-61(53)68-62)58-35-11-8-28-51(58)54-32-18-23-45-22-17-31-50(63(45)54)44-20-4-2-5-21-44/h3,6-19,22-44,57H,2,4-5,20-21H2,1H3. The molecule has 2 heterocycles. The van der Waals surface area contributed by atoms with Crippen molar-refractivity contribution in [2.45, 2.75) is 56.4 Å². The molecule has 0 saturated heterocycles. The molecule has 0 spiro atoms. The Hall–Kier alpha value is -7.88. The SMILES string of the molecule is CC12C=CC=CC1c1c(-c3ccccc3N(c3cccc(-c4ccc5oc6ccccc6c5c4)c3)c3ccccc3-c3cccc4cccc(C5CCCCC5)c34)cccc1N2c1ccccc1. The van der Waals surface area contributed by atoms with Crippen LogP contribution in [0.5, 0.6) is 0 Å². The van der Waals surface area contributed by atoms with Gasteiger partial charge in [0, 0.05) is 44.9 Å². The molecule has 1 saturated carbocycles. The maximum absolute atomic E-state index is 6.29. The van der Waals surface area contributed by atoms with Crippen LogP contribution in [-0.4, -0.2) is 5.54 Å². The molecule has 68 heavy (non-hydrogen) atoms. The van der Waals surface area contributed by atoms with Crippen molar-refractivity contribution in [2.24, 2.45) is 0 Å². The van der Waals surface area contributed by atoms with Gasteiger partial charge in [-0.25, -0.2) is 0 Å². The predicted octanol–water partition coefficient (Wildman–Crippen LogP) is 18.4. The smallest absolute Gasteiger partial charge is 0.135 e. The molecule has 1 fully saturated rings. The van der Waals surface area contributed by atoms with Crippen molar-refractivity contribution in [1.29, 1.82) is 0 Å². The van der Waals surface area contributed by atoms with Crippen LogP contribution in [0.3, 0.4) is 0 Å². The summed E-state index contributed by atoms with van der Waals surface area (Å²) in [5.74, 6) is 0.697. The third kappa shape index (κ3) is 6.55. The molecule has 0 bridgehead atoms. The van der Waals surface area contributed by atoms with Crippen molar-refractivity contribution in [2.75, 3.05) is 9.80 Å². The molecule has 13 rings (SSSR count). The van der Waals surface area contributed by atoms with E-state index in [0.29, 0.717) is 5.92 Å². The summed E-state index contributed by atoms with van der Waals surface area (Å²) in [6.07, 6.45) is 15.7. The normalized spacial score (nSPS) is 17.8. The van der Waals surface area contributed by atoms with E-state index in [9.17, 15) is 0 Å².